The van der Waals surface area contributed by atoms with Crippen LogP contribution in [0.5, 0.6) is 0 Å². The maximum absolute atomic E-state index is 13.7. The fraction of sp³-hybridized carbons (Fsp3) is 0.353. The van der Waals surface area contributed by atoms with Gasteiger partial charge in [0.05, 0.1) is 0 Å². The minimum Gasteiger partial charge on any atom is -0.263 e. The Labute approximate surface area is 162 Å². The Morgan fingerprint density at radius 1 is 1.04 bits per heavy atom. The molecule has 3 rings (SSSR count). The van der Waals surface area contributed by atoms with E-state index in [9.17, 15) is 25.6 Å². The van der Waals surface area contributed by atoms with Gasteiger partial charge in [-0.15, -0.1) is 0 Å². The number of pyridine rings is 1. The van der Waals surface area contributed by atoms with Gasteiger partial charge in [-0.3, -0.25) is 4.98 Å². The minimum absolute atomic E-state index is 0.0309. The second kappa shape index (κ2) is 8.19. The number of nitrogens with zero attached hydrogens (tertiary/aromatic N) is 2. The Morgan fingerprint density at radius 2 is 1.68 bits per heavy atom. The highest BCUT2D eigenvalue weighted by atomic mass is 32.2. The van der Waals surface area contributed by atoms with Gasteiger partial charge in [0.15, 0.2) is 4.90 Å². The summed E-state index contributed by atoms with van der Waals surface area (Å²) in [6, 6.07) is 5.84. The average molecular weight is 431 g/mol. The molecule has 1 N–H and O–H groups in total. The Balaban J connectivity index is 1.61. The summed E-state index contributed by atoms with van der Waals surface area (Å²) in [5, 5.41) is 0. The number of hydrogen-bond acceptors (Lipinski definition) is 5. The fourth-order valence-corrected chi connectivity index (χ4v) is 5.72. The summed E-state index contributed by atoms with van der Waals surface area (Å²) in [7, 11) is -8.00. The van der Waals surface area contributed by atoms with Gasteiger partial charge in [0.25, 0.3) is 0 Å². The van der Waals surface area contributed by atoms with Gasteiger partial charge < -0.3 is 0 Å². The molecule has 1 saturated heterocycles. The van der Waals surface area contributed by atoms with Crippen LogP contribution in [0.3, 0.4) is 0 Å². The molecule has 0 saturated carbocycles. The lowest BCUT2D eigenvalue weighted by atomic mass is 9.99. The number of nitrogens with one attached hydrogen (secondary N) is 1. The van der Waals surface area contributed by atoms with Crippen molar-refractivity contribution in [2.24, 2.45) is 5.92 Å². The Bertz CT molecular complexity index is 1020. The summed E-state index contributed by atoms with van der Waals surface area (Å²) in [5.41, 5.74) is 0. The molecule has 28 heavy (non-hydrogen) atoms. The van der Waals surface area contributed by atoms with Gasteiger partial charge in [-0.2, -0.15) is 4.31 Å². The van der Waals surface area contributed by atoms with E-state index in [0.29, 0.717) is 12.8 Å². The van der Waals surface area contributed by atoms with Crippen LogP contribution in [0.2, 0.25) is 0 Å². The van der Waals surface area contributed by atoms with Crippen LogP contribution in [-0.4, -0.2) is 45.8 Å². The minimum atomic E-state index is -4.35. The summed E-state index contributed by atoms with van der Waals surface area (Å²) >= 11 is 0. The van der Waals surface area contributed by atoms with Crippen LogP contribution in [0.4, 0.5) is 8.78 Å². The van der Waals surface area contributed by atoms with E-state index in [1.54, 1.807) is 0 Å². The van der Waals surface area contributed by atoms with Crippen molar-refractivity contribution in [1.29, 1.82) is 0 Å². The number of sulfonamides is 2. The molecule has 1 aromatic heterocycles. The van der Waals surface area contributed by atoms with Gasteiger partial charge in [0, 0.05) is 32.0 Å². The highest BCUT2D eigenvalue weighted by Gasteiger charge is 2.31. The van der Waals surface area contributed by atoms with Crippen LogP contribution >= 0.6 is 0 Å². The lowest BCUT2D eigenvalue weighted by molar-refractivity contribution is 0.274. The van der Waals surface area contributed by atoms with E-state index in [-0.39, 0.29) is 30.4 Å². The third kappa shape index (κ3) is 4.37. The third-order valence-electron chi connectivity index (χ3n) is 4.60. The Morgan fingerprint density at radius 3 is 2.25 bits per heavy atom. The second-order valence-electron chi connectivity index (χ2n) is 6.44. The Hall–Kier alpha value is -1.95. The number of aromatic nitrogens is 1. The predicted molar refractivity (Wildman–Crippen MR) is 97.3 cm³/mol. The standard InChI is InChI=1S/C17H19F2N3O4S2/c18-15-4-1-5-16(19)17(15)27(23,24)21-11-13-6-9-22(10-7-13)28(25,26)14-3-2-8-20-12-14/h1-5,8,12-13,21H,6-7,9-11H2. The molecule has 11 heteroatoms. The number of rotatable bonds is 6. The van der Waals surface area contributed by atoms with Gasteiger partial charge in [-0.1, -0.05) is 6.07 Å². The molecule has 0 aliphatic carbocycles. The van der Waals surface area contributed by atoms with Gasteiger partial charge in [0.1, 0.15) is 16.5 Å². The number of benzene rings is 1. The molecule has 1 fully saturated rings. The molecule has 1 aliphatic rings. The molecule has 2 aromatic rings. The normalized spacial score (nSPS) is 16.9. The number of hydrogen-bond donors (Lipinski definition) is 1. The summed E-state index contributed by atoms with van der Waals surface area (Å²) < 4.78 is 80.6. The van der Waals surface area contributed by atoms with E-state index >= 15 is 0 Å². The summed E-state index contributed by atoms with van der Waals surface area (Å²) in [6.07, 6.45) is 3.60. The van der Waals surface area contributed by atoms with Crippen molar-refractivity contribution in [2.45, 2.75) is 22.6 Å². The van der Waals surface area contributed by atoms with Crippen LogP contribution in [-0.2, 0) is 20.0 Å². The van der Waals surface area contributed by atoms with Gasteiger partial charge in [0.2, 0.25) is 20.0 Å². The first-order chi connectivity index (χ1) is 13.2. The zero-order valence-electron chi connectivity index (χ0n) is 14.8. The topological polar surface area (TPSA) is 96.4 Å². The van der Waals surface area contributed by atoms with Crippen molar-refractivity contribution < 1.29 is 25.6 Å². The number of piperidine rings is 1. The van der Waals surface area contributed by atoms with Crippen LogP contribution in [0.15, 0.2) is 52.5 Å². The van der Waals surface area contributed by atoms with Gasteiger partial charge >= 0.3 is 0 Å². The molecule has 2 heterocycles. The first-order valence-corrected chi connectivity index (χ1v) is 11.5. The lowest BCUT2D eigenvalue weighted by Crippen LogP contribution is -2.41. The van der Waals surface area contributed by atoms with E-state index in [2.05, 4.69) is 9.71 Å². The zero-order valence-corrected chi connectivity index (χ0v) is 16.4. The van der Waals surface area contributed by atoms with Crippen LogP contribution in [0.1, 0.15) is 12.8 Å². The van der Waals surface area contributed by atoms with E-state index in [0.717, 1.165) is 18.2 Å². The quantitative estimate of drug-likeness (QED) is 0.752. The molecule has 7 nitrogen and oxygen atoms in total. The molecular formula is C17H19F2N3O4S2. The molecule has 0 atom stereocenters. The lowest BCUT2D eigenvalue weighted by Gasteiger charge is -2.31. The SMILES string of the molecule is O=S(=O)(NCC1CCN(S(=O)(=O)c2cccnc2)CC1)c1c(F)cccc1F. The van der Waals surface area contributed by atoms with E-state index < -0.39 is 36.6 Å². The summed E-state index contributed by atoms with van der Waals surface area (Å²) in [6.45, 7) is 0.409. The molecule has 0 unspecified atom stereocenters. The molecule has 0 amide bonds. The first kappa shape index (κ1) is 20.8. The van der Waals surface area contributed by atoms with Crippen molar-refractivity contribution in [1.82, 2.24) is 14.0 Å². The van der Waals surface area contributed by atoms with Crippen molar-refractivity contribution in [2.75, 3.05) is 19.6 Å². The van der Waals surface area contributed by atoms with E-state index in [1.807, 2.05) is 0 Å². The maximum atomic E-state index is 13.7. The van der Waals surface area contributed by atoms with Crippen LogP contribution < -0.4 is 4.72 Å². The molecule has 1 aliphatic heterocycles. The highest BCUT2D eigenvalue weighted by molar-refractivity contribution is 7.89. The van der Waals surface area contributed by atoms with Crippen molar-refractivity contribution >= 4 is 20.0 Å². The molecule has 0 bridgehead atoms. The Kier molecular flexibility index (Phi) is 6.08. The smallest absolute Gasteiger partial charge is 0.246 e. The van der Waals surface area contributed by atoms with Crippen LogP contribution in [0, 0.1) is 17.6 Å². The van der Waals surface area contributed by atoms with Crippen molar-refractivity contribution in [3.63, 3.8) is 0 Å². The van der Waals surface area contributed by atoms with E-state index in [4.69, 9.17) is 0 Å². The van der Waals surface area contributed by atoms with Crippen molar-refractivity contribution in [3.8, 4) is 0 Å². The third-order valence-corrected chi connectivity index (χ3v) is 7.95. The predicted octanol–water partition coefficient (Wildman–Crippen LogP) is 1.74. The van der Waals surface area contributed by atoms with Gasteiger partial charge in [-0.25, -0.2) is 30.3 Å². The maximum Gasteiger partial charge on any atom is 0.246 e. The number of halogens is 2. The molecule has 0 radical (unpaired) electrons. The molecule has 1 aromatic carbocycles. The average Bonchev–Trinajstić information content (AvgIpc) is 2.67. The van der Waals surface area contributed by atoms with Crippen LogP contribution in [0.25, 0.3) is 0 Å². The monoisotopic (exact) mass is 431 g/mol. The highest BCUT2D eigenvalue weighted by Crippen LogP contribution is 2.24. The van der Waals surface area contributed by atoms with Gasteiger partial charge in [-0.05, 0) is 43.0 Å². The zero-order chi connectivity index (χ0) is 20.4. The summed E-state index contributed by atoms with van der Waals surface area (Å²) in [5.74, 6) is -2.47. The molecule has 0 spiro atoms. The van der Waals surface area contributed by atoms with E-state index in [1.165, 1.54) is 28.8 Å². The van der Waals surface area contributed by atoms with Crippen molar-refractivity contribution in [3.05, 3.63) is 54.4 Å². The molecule has 152 valence electrons. The fourth-order valence-electron chi connectivity index (χ4n) is 3.04. The largest absolute Gasteiger partial charge is 0.263 e. The second-order valence-corrected chi connectivity index (χ2v) is 10.1. The summed E-state index contributed by atoms with van der Waals surface area (Å²) in [4.78, 5) is 2.91. The first-order valence-electron chi connectivity index (χ1n) is 8.55. The molecular weight excluding hydrogens is 412 g/mol.